The summed E-state index contributed by atoms with van der Waals surface area (Å²) in [5.74, 6) is 0. The molecule has 1 aliphatic carbocycles. The van der Waals surface area contributed by atoms with Gasteiger partial charge in [0.25, 0.3) is 0 Å². The van der Waals surface area contributed by atoms with Gasteiger partial charge in [-0.3, -0.25) is 0 Å². The van der Waals surface area contributed by atoms with Crippen LogP contribution in [-0.4, -0.2) is 15.6 Å². The number of halogens is 1. The van der Waals surface area contributed by atoms with E-state index in [1.165, 1.54) is 23.3 Å². The number of imidazole rings is 1. The van der Waals surface area contributed by atoms with Crippen molar-refractivity contribution in [2.45, 2.75) is 35.5 Å². The van der Waals surface area contributed by atoms with Crippen molar-refractivity contribution in [2.75, 3.05) is 0 Å². The van der Waals surface area contributed by atoms with E-state index < -0.39 is 0 Å². The van der Waals surface area contributed by atoms with Crippen molar-refractivity contribution in [3.63, 3.8) is 0 Å². The van der Waals surface area contributed by atoms with Gasteiger partial charge in [0.15, 0.2) is 5.16 Å². The summed E-state index contributed by atoms with van der Waals surface area (Å²) in [4.78, 5) is 5.53. The molecule has 19 heavy (non-hydrogen) atoms. The second-order valence-electron chi connectivity index (χ2n) is 4.84. The Balaban J connectivity index is 1.70. The molecule has 1 aromatic carbocycles. The fourth-order valence-corrected chi connectivity index (χ4v) is 3.31. The Bertz CT molecular complexity index is 578. The van der Waals surface area contributed by atoms with E-state index in [1.54, 1.807) is 11.8 Å². The van der Waals surface area contributed by atoms with Gasteiger partial charge in [0.2, 0.25) is 0 Å². The molecule has 0 bridgehead atoms. The standard InChI is InChI=1S/C14H16BrN3S/c1-18-7-6-16-14(18)19-13-5-2-10(8-12(13)15)9-17-11-3-4-11/h2,5-8,11,17H,3-4,9H2,1H3. The molecule has 0 unspecified atom stereocenters. The van der Waals surface area contributed by atoms with E-state index in [0.717, 1.165) is 22.2 Å². The van der Waals surface area contributed by atoms with E-state index in [4.69, 9.17) is 0 Å². The quantitative estimate of drug-likeness (QED) is 0.904. The average Bonchev–Trinajstić information content (AvgIpc) is 3.14. The van der Waals surface area contributed by atoms with Crippen LogP contribution in [0.3, 0.4) is 0 Å². The predicted molar refractivity (Wildman–Crippen MR) is 81.3 cm³/mol. The Morgan fingerprint density at radius 1 is 1.47 bits per heavy atom. The van der Waals surface area contributed by atoms with Crippen LogP contribution < -0.4 is 5.32 Å². The first-order chi connectivity index (χ1) is 9.22. The lowest BCUT2D eigenvalue weighted by Crippen LogP contribution is -2.15. The van der Waals surface area contributed by atoms with E-state index in [1.807, 2.05) is 24.0 Å². The Kier molecular flexibility index (Phi) is 3.96. The maximum atomic E-state index is 4.34. The minimum absolute atomic E-state index is 0.750. The molecule has 0 radical (unpaired) electrons. The van der Waals surface area contributed by atoms with Crippen molar-refractivity contribution < 1.29 is 0 Å². The van der Waals surface area contributed by atoms with Crippen LogP contribution in [0.5, 0.6) is 0 Å². The number of nitrogens with zero attached hydrogens (tertiary/aromatic N) is 2. The molecule has 1 fully saturated rings. The summed E-state index contributed by atoms with van der Waals surface area (Å²) in [7, 11) is 2.01. The molecule has 0 atom stereocenters. The third kappa shape index (κ3) is 3.41. The largest absolute Gasteiger partial charge is 0.329 e. The SMILES string of the molecule is Cn1ccnc1Sc1ccc(CNC2CC2)cc1Br. The molecule has 1 saturated carbocycles. The van der Waals surface area contributed by atoms with Crippen LogP contribution in [0.15, 0.2) is 45.1 Å². The van der Waals surface area contributed by atoms with Crippen LogP contribution in [0, 0.1) is 0 Å². The van der Waals surface area contributed by atoms with Gasteiger partial charge in [-0.15, -0.1) is 0 Å². The number of hydrogen-bond acceptors (Lipinski definition) is 3. The maximum absolute atomic E-state index is 4.34. The molecule has 1 heterocycles. The molecule has 0 saturated heterocycles. The van der Waals surface area contributed by atoms with Gasteiger partial charge in [-0.2, -0.15) is 0 Å². The number of hydrogen-bond donors (Lipinski definition) is 1. The molecular weight excluding hydrogens is 322 g/mol. The molecule has 1 N–H and O–H groups in total. The Morgan fingerprint density at radius 2 is 2.32 bits per heavy atom. The van der Waals surface area contributed by atoms with Gasteiger partial charge in [-0.05, 0) is 46.5 Å². The van der Waals surface area contributed by atoms with E-state index in [-0.39, 0.29) is 0 Å². The van der Waals surface area contributed by atoms with Gasteiger partial charge in [0.05, 0.1) is 0 Å². The molecule has 3 rings (SSSR count). The zero-order valence-electron chi connectivity index (χ0n) is 10.8. The highest BCUT2D eigenvalue weighted by molar-refractivity contribution is 9.10. The highest BCUT2D eigenvalue weighted by Gasteiger charge is 2.20. The summed E-state index contributed by atoms with van der Waals surface area (Å²) in [5.41, 5.74) is 1.32. The van der Waals surface area contributed by atoms with Crippen LogP contribution >= 0.6 is 27.7 Å². The first-order valence-electron chi connectivity index (χ1n) is 6.39. The Morgan fingerprint density at radius 3 is 2.95 bits per heavy atom. The third-order valence-electron chi connectivity index (χ3n) is 3.15. The molecule has 0 amide bonds. The normalized spacial score (nSPS) is 14.8. The Hall–Kier alpha value is -0.780. The number of aryl methyl sites for hydroxylation is 1. The van der Waals surface area contributed by atoms with Gasteiger partial charge in [-0.1, -0.05) is 17.8 Å². The van der Waals surface area contributed by atoms with Crippen LogP contribution in [0.2, 0.25) is 0 Å². The predicted octanol–water partition coefficient (Wildman–Crippen LogP) is 3.59. The molecule has 100 valence electrons. The summed E-state index contributed by atoms with van der Waals surface area (Å²) in [6, 6.07) is 7.29. The van der Waals surface area contributed by atoms with Crippen molar-refractivity contribution >= 4 is 27.7 Å². The summed E-state index contributed by atoms with van der Waals surface area (Å²) in [6.45, 7) is 0.955. The third-order valence-corrected chi connectivity index (χ3v) is 5.22. The summed E-state index contributed by atoms with van der Waals surface area (Å²) < 4.78 is 3.16. The number of benzene rings is 1. The molecule has 3 nitrogen and oxygen atoms in total. The molecule has 0 aliphatic heterocycles. The minimum atomic E-state index is 0.750. The maximum Gasteiger partial charge on any atom is 0.172 e. The van der Waals surface area contributed by atoms with Crippen molar-refractivity contribution in [3.8, 4) is 0 Å². The second-order valence-corrected chi connectivity index (χ2v) is 6.71. The topological polar surface area (TPSA) is 29.9 Å². The molecule has 1 aliphatic rings. The molecule has 1 aromatic heterocycles. The van der Waals surface area contributed by atoms with Gasteiger partial charge < -0.3 is 9.88 Å². The highest BCUT2D eigenvalue weighted by Crippen LogP contribution is 2.33. The number of rotatable bonds is 5. The van der Waals surface area contributed by atoms with E-state index in [0.29, 0.717) is 0 Å². The number of nitrogens with one attached hydrogen (secondary N) is 1. The van der Waals surface area contributed by atoms with Crippen molar-refractivity contribution in [1.29, 1.82) is 0 Å². The summed E-state index contributed by atoms with van der Waals surface area (Å²) in [6.07, 6.45) is 6.44. The first kappa shape index (κ1) is 13.2. The smallest absolute Gasteiger partial charge is 0.172 e. The van der Waals surface area contributed by atoms with Gasteiger partial charge >= 0.3 is 0 Å². The fraction of sp³-hybridized carbons (Fsp3) is 0.357. The fourth-order valence-electron chi connectivity index (χ4n) is 1.84. The van der Waals surface area contributed by atoms with Gasteiger partial charge in [0, 0.05) is 41.4 Å². The molecule has 0 spiro atoms. The average molecular weight is 338 g/mol. The van der Waals surface area contributed by atoms with E-state index >= 15 is 0 Å². The molecular formula is C14H16BrN3S. The van der Waals surface area contributed by atoms with Crippen LogP contribution in [-0.2, 0) is 13.6 Å². The second kappa shape index (κ2) is 5.69. The van der Waals surface area contributed by atoms with Crippen molar-refractivity contribution in [1.82, 2.24) is 14.9 Å². The van der Waals surface area contributed by atoms with Crippen LogP contribution in [0.25, 0.3) is 0 Å². The zero-order valence-corrected chi connectivity index (χ0v) is 13.2. The Labute approximate surface area is 125 Å². The lowest BCUT2D eigenvalue weighted by atomic mass is 10.2. The molecule has 5 heteroatoms. The van der Waals surface area contributed by atoms with Crippen molar-refractivity contribution in [2.24, 2.45) is 7.05 Å². The highest BCUT2D eigenvalue weighted by atomic mass is 79.9. The van der Waals surface area contributed by atoms with Gasteiger partial charge in [-0.25, -0.2) is 4.98 Å². The lowest BCUT2D eigenvalue weighted by molar-refractivity contribution is 0.687. The first-order valence-corrected chi connectivity index (χ1v) is 8.00. The monoisotopic (exact) mass is 337 g/mol. The van der Waals surface area contributed by atoms with Crippen molar-refractivity contribution in [3.05, 3.63) is 40.6 Å². The van der Waals surface area contributed by atoms with E-state index in [9.17, 15) is 0 Å². The minimum Gasteiger partial charge on any atom is -0.329 e. The van der Waals surface area contributed by atoms with Crippen LogP contribution in [0.4, 0.5) is 0 Å². The van der Waals surface area contributed by atoms with Crippen LogP contribution in [0.1, 0.15) is 18.4 Å². The molecule has 2 aromatic rings. The number of aromatic nitrogens is 2. The van der Waals surface area contributed by atoms with E-state index in [2.05, 4.69) is 44.4 Å². The lowest BCUT2D eigenvalue weighted by Gasteiger charge is -2.08. The zero-order chi connectivity index (χ0) is 13.2. The summed E-state index contributed by atoms with van der Waals surface area (Å²) in [5, 5.41) is 4.53. The van der Waals surface area contributed by atoms with Gasteiger partial charge in [0.1, 0.15) is 0 Å². The summed E-state index contributed by atoms with van der Waals surface area (Å²) >= 11 is 5.33.